The van der Waals surface area contributed by atoms with Crippen LogP contribution < -0.4 is 11.1 Å². The van der Waals surface area contributed by atoms with Crippen LogP contribution in [0.3, 0.4) is 0 Å². The highest BCUT2D eigenvalue weighted by molar-refractivity contribution is 5.97. The zero-order valence-corrected chi connectivity index (χ0v) is 11.4. The molecule has 104 valence electrons. The monoisotopic (exact) mass is 262 g/mol. The van der Waals surface area contributed by atoms with Crippen molar-refractivity contribution in [1.29, 1.82) is 0 Å². The van der Waals surface area contributed by atoms with Crippen molar-refractivity contribution in [1.82, 2.24) is 0 Å². The first-order valence-electron chi connectivity index (χ1n) is 7.00. The minimum absolute atomic E-state index is 0.174. The number of nitrogens with two attached hydrogens (primary N) is 1. The molecule has 4 N–H and O–H groups in total. The summed E-state index contributed by atoms with van der Waals surface area (Å²) in [5.74, 6) is -0.202. The molecule has 0 bridgehead atoms. The summed E-state index contributed by atoms with van der Waals surface area (Å²) in [4.78, 5) is 11.1. The third-order valence-corrected chi connectivity index (χ3v) is 4.06. The Hall–Kier alpha value is -1.71. The summed E-state index contributed by atoms with van der Waals surface area (Å²) >= 11 is 0. The van der Waals surface area contributed by atoms with E-state index in [1.54, 1.807) is 12.1 Å². The smallest absolute Gasteiger partial charge is 0.337 e. The second kappa shape index (κ2) is 5.95. The first-order valence-corrected chi connectivity index (χ1v) is 7.00. The van der Waals surface area contributed by atoms with Crippen molar-refractivity contribution in [3.63, 3.8) is 0 Å². The lowest BCUT2D eigenvalue weighted by Crippen LogP contribution is -2.27. The van der Waals surface area contributed by atoms with Gasteiger partial charge < -0.3 is 16.2 Å². The predicted octanol–water partition coefficient (Wildman–Crippen LogP) is 3.35. The van der Waals surface area contributed by atoms with E-state index < -0.39 is 5.97 Å². The van der Waals surface area contributed by atoms with Crippen LogP contribution in [0, 0.1) is 5.92 Å². The van der Waals surface area contributed by atoms with Crippen molar-refractivity contribution in [2.75, 3.05) is 11.1 Å². The van der Waals surface area contributed by atoms with E-state index in [2.05, 4.69) is 12.2 Å². The molecular weight excluding hydrogens is 240 g/mol. The number of hydrogen-bond donors (Lipinski definition) is 3. The molecule has 0 aliphatic heterocycles. The molecule has 0 saturated heterocycles. The Morgan fingerprint density at radius 3 is 2.95 bits per heavy atom. The van der Waals surface area contributed by atoms with Crippen molar-refractivity contribution in [2.24, 2.45) is 5.92 Å². The summed E-state index contributed by atoms with van der Waals surface area (Å²) in [6.07, 6.45) is 6.03. The fraction of sp³-hybridized carbons (Fsp3) is 0.533. The molecule has 1 aliphatic rings. The van der Waals surface area contributed by atoms with Gasteiger partial charge in [0.1, 0.15) is 0 Å². The molecular formula is C15H22N2O2. The second-order valence-electron chi connectivity index (χ2n) is 5.35. The Bertz CT molecular complexity index is 459. The molecule has 2 unspecified atom stereocenters. The van der Waals surface area contributed by atoms with Gasteiger partial charge in [0.2, 0.25) is 0 Å². The van der Waals surface area contributed by atoms with Crippen molar-refractivity contribution in [2.45, 2.75) is 45.1 Å². The number of benzene rings is 1. The number of carboxylic acid groups (broad SMARTS) is 1. The van der Waals surface area contributed by atoms with E-state index in [0.29, 0.717) is 11.7 Å². The first-order chi connectivity index (χ1) is 9.11. The van der Waals surface area contributed by atoms with Gasteiger partial charge in [-0.25, -0.2) is 4.79 Å². The minimum atomic E-state index is -0.976. The third-order valence-electron chi connectivity index (χ3n) is 4.06. The number of carboxylic acids is 1. The Labute approximate surface area is 114 Å². The number of carbonyl (C=O) groups is 1. The molecule has 0 amide bonds. The quantitative estimate of drug-likeness (QED) is 0.727. The largest absolute Gasteiger partial charge is 0.478 e. The second-order valence-corrected chi connectivity index (χ2v) is 5.35. The molecule has 1 aliphatic carbocycles. The molecule has 2 atom stereocenters. The molecule has 0 spiro atoms. The first kappa shape index (κ1) is 13.7. The number of hydrogen-bond acceptors (Lipinski definition) is 3. The van der Waals surface area contributed by atoms with Crippen molar-refractivity contribution in [3.05, 3.63) is 23.8 Å². The highest BCUT2D eigenvalue weighted by Gasteiger charge is 2.21. The van der Waals surface area contributed by atoms with Crippen LogP contribution in [0.2, 0.25) is 0 Å². The molecule has 1 aromatic rings. The fourth-order valence-electron chi connectivity index (χ4n) is 2.89. The Morgan fingerprint density at radius 1 is 1.47 bits per heavy atom. The van der Waals surface area contributed by atoms with E-state index in [4.69, 9.17) is 10.8 Å². The molecule has 0 aromatic heterocycles. The van der Waals surface area contributed by atoms with E-state index in [1.165, 1.54) is 19.3 Å². The minimum Gasteiger partial charge on any atom is -0.478 e. The molecule has 2 rings (SSSR count). The van der Waals surface area contributed by atoms with Gasteiger partial charge >= 0.3 is 5.97 Å². The van der Waals surface area contributed by atoms with Crippen molar-refractivity contribution in [3.8, 4) is 0 Å². The van der Waals surface area contributed by atoms with Crippen LogP contribution in [-0.2, 0) is 0 Å². The average Bonchev–Trinajstić information content (AvgIpc) is 2.41. The Morgan fingerprint density at radius 2 is 2.26 bits per heavy atom. The number of nitrogens with one attached hydrogen (secondary N) is 1. The highest BCUT2D eigenvalue weighted by atomic mass is 16.4. The van der Waals surface area contributed by atoms with Crippen LogP contribution in [0.4, 0.5) is 11.4 Å². The molecule has 19 heavy (non-hydrogen) atoms. The maximum atomic E-state index is 11.1. The van der Waals surface area contributed by atoms with Gasteiger partial charge in [-0.3, -0.25) is 0 Å². The number of aromatic carboxylic acids is 1. The van der Waals surface area contributed by atoms with E-state index >= 15 is 0 Å². The maximum absolute atomic E-state index is 11.1. The van der Waals surface area contributed by atoms with Gasteiger partial charge in [-0.2, -0.15) is 0 Å². The summed E-state index contributed by atoms with van der Waals surface area (Å²) in [5, 5.41) is 12.5. The molecule has 1 fully saturated rings. The summed E-state index contributed by atoms with van der Waals surface area (Å²) < 4.78 is 0. The van der Waals surface area contributed by atoms with Crippen LogP contribution >= 0.6 is 0 Å². The van der Waals surface area contributed by atoms with E-state index in [9.17, 15) is 4.79 Å². The van der Waals surface area contributed by atoms with Gasteiger partial charge in [0, 0.05) is 6.04 Å². The molecule has 1 saturated carbocycles. The molecule has 1 aromatic carbocycles. The fourth-order valence-corrected chi connectivity index (χ4v) is 2.89. The standard InChI is InChI=1S/C15H22N2O2/c1-2-10-5-3-6-11(9-10)17-13-8-4-7-12(14(13)16)15(18)19/h4,7-8,10-11,17H,2-3,5-6,9,16H2,1H3,(H,18,19). The average molecular weight is 262 g/mol. The van der Waals surface area contributed by atoms with Crippen molar-refractivity contribution < 1.29 is 9.90 Å². The summed E-state index contributed by atoms with van der Waals surface area (Å²) in [6.45, 7) is 2.23. The summed E-state index contributed by atoms with van der Waals surface area (Å²) in [6, 6.07) is 5.54. The van der Waals surface area contributed by atoms with Crippen LogP contribution in [-0.4, -0.2) is 17.1 Å². The maximum Gasteiger partial charge on any atom is 0.337 e. The lowest BCUT2D eigenvalue weighted by Gasteiger charge is -2.30. The lowest BCUT2D eigenvalue weighted by atomic mass is 9.84. The van der Waals surface area contributed by atoms with Gasteiger partial charge in [0.05, 0.1) is 16.9 Å². The van der Waals surface area contributed by atoms with Crippen molar-refractivity contribution >= 4 is 17.3 Å². The van der Waals surface area contributed by atoms with Crippen LogP contribution in [0.5, 0.6) is 0 Å². The Balaban J connectivity index is 2.10. The molecule has 0 heterocycles. The molecule has 4 heteroatoms. The number of para-hydroxylation sites is 1. The zero-order valence-electron chi connectivity index (χ0n) is 11.4. The number of rotatable bonds is 4. The van der Waals surface area contributed by atoms with Crippen LogP contribution in [0.15, 0.2) is 18.2 Å². The lowest BCUT2D eigenvalue weighted by molar-refractivity contribution is 0.0698. The van der Waals surface area contributed by atoms with Gasteiger partial charge in [0.25, 0.3) is 0 Å². The number of nitrogen functional groups attached to an aromatic ring is 1. The predicted molar refractivity (Wildman–Crippen MR) is 77.5 cm³/mol. The number of anilines is 2. The van der Waals surface area contributed by atoms with Crippen LogP contribution in [0.25, 0.3) is 0 Å². The van der Waals surface area contributed by atoms with Gasteiger partial charge in [-0.1, -0.05) is 32.3 Å². The molecule has 0 radical (unpaired) electrons. The third kappa shape index (κ3) is 3.19. The van der Waals surface area contributed by atoms with Crippen LogP contribution in [0.1, 0.15) is 49.4 Å². The summed E-state index contributed by atoms with van der Waals surface area (Å²) in [5.41, 5.74) is 7.19. The summed E-state index contributed by atoms with van der Waals surface area (Å²) in [7, 11) is 0. The van der Waals surface area contributed by atoms with E-state index in [1.807, 2.05) is 6.07 Å². The van der Waals surface area contributed by atoms with Gasteiger partial charge in [-0.15, -0.1) is 0 Å². The van der Waals surface area contributed by atoms with Gasteiger partial charge in [-0.05, 0) is 30.9 Å². The van der Waals surface area contributed by atoms with Gasteiger partial charge in [0.15, 0.2) is 0 Å². The normalized spacial score (nSPS) is 23.0. The zero-order chi connectivity index (χ0) is 13.8. The SMILES string of the molecule is CCC1CCCC(Nc2cccc(C(=O)O)c2N)C1. The molecule has 4 nitrogen and oxygen atoms in total. The van der Waals surface area contributed by atoms with E-state index in [-0.39, 0.29) is 5.56 Å². The van der Waals surface area contributed by atoms with E-state index in [0.717, 1.165) is 24.4 Å². The topological polar surface area (TPSA) is 75.3 Å². The highest BCUT2D eigenvalue weighted by Crippen LogP contribution is 2.31. The Kier molecular flexibility index (Phi) is 4.30.